The zero-order valence-electron chi connectivity index (χ0n) is 13.1. The second-order valence-electron chi connectivity index (χ2n) is 5.18. The summed E-state index contributed by atoms with van der Waals surface area (Å²) in [7, 11) is 0. The molecule has 2 rings (SSSR count). The summed E-state index contributed by atoms with van der Waals surface area (Å²) in [6.45, 7) is 3.39. The number of aryl methyl sites for hydroxylation is 1. The van der Waals surface area contributed by atoms with Crippen molar-refractivity contribution >= 4 is 40.5 Å². The Morgan fingerprint density at radius 1 is 1.04 bits per heavy atom. The smallest absolute Gasteiger partial charge is 0.255 e. The summed E-state index contributed by atoms with van der Waals surface area (Å²) in [4.78, 5) is 14.4. The van der Waals surface area contributed by atoms with Crippen LogP contribution in [0.25, 0.3) is 0 Å². The molecule has 23 heavy (non-hydrogen) atoms. The number of alkyl halides is 2. The van der Waals surface area contributed by atoms with Crippen molar-refractivity contribution in [3.8, 4) is 0 Å². The van der Waals surface area contributed by atoms with E-state index in [0.29, 0.717) is 30.4 Å². The summed E-state index contributed by atoms with van der Waals surface area (Å²) in [5.41, 5.74) is 3.44. The number of hydrogen-bond acceptors (Lipinski definition) is 2. The Bertz CT molecular complexity index is 641. The molecule has 1 N–H and O–H groups in total. The van der Waals surface area contributed by atoms with E-state index in [1.165, 1.54) is 0 Å². The Balaban J connectivity index is 2.21. The fourth-order valence-electron chi connectivity index (χ4n) is 2.30. The maximum absolute atomic E-state index is 12.3. The highest BCUT2D eigenvalue weighted by atomic mass is 35.5. The van der Waals surface area contributed by atoms with Gasteiger partial charge in [0.2, 0.25) is 0 Å². The molecule has 0 aliphatic heterocycles. The van der Waals surface area contributed by atoms with Gasteiger partial charge in [-0.25, -0.2) is 0 Å². The van der Waals surface area contributed by atoms with E-state index in [-0.39, 0.29) is 5.91 Å². The zero-order valence-corrected chi connectivity index (χ0v) is 14.6. The Kier molecular flexibility index (Phi) is 6.75. The molecular formula is C18H20Cl2N2O. The third kappa shape index (κ3) is 4.88. The molecule has 122 valence electrons. The summed E-state index contributed by atoms with van der Waals surface area (Å²) in [6.07, 6.45) is 0. The van der Waals surface area contributed by atoms with Crippen LogP contribution in [0.4, 0.5) is 11.4 Å². The summed E-state index contributed by atoms with van der Waals surface area (Å²) in [5.74, 6) is 0.930. The van der Waals surface area contributed by atoms with Crippen molar-refractivity contribution in [2.75, 3.05) is 35.1 Å². The highest BCUT2D eigenvalue weighted by molar-refractivity contribution is 6.18. The predicted octanol–water partition coefficient (Wildman–Crippen LogP) is 4.53. The first-order valence-electron chi connectivity index (χ1n) is 7.49. The summed E-state index contributed by atoms with van der Waals surface area (Å²) in [5, 5.41) is 2.97. The van der Waals surface area contributed by atoms with Crippen LogP contribution in [-0.4, -0.2) is 30.8 Å². The predicted molar refractivity (Wildman–Crippen MR) is 99.2 cm³/mol. The average Bonchev–Trinajstić information content (AvgIpc) is 2.57. The van der Waals surface area contributed by atoms with Crippen LogP contribution < -0.4 is 10.2 Å². The molecule has 0 radical (unpaired) electrons. The normalized spacial score (nSPS) is 10.4. The van der Waals surface area contributed by atoms with Crippen LogP contribution in [0.2, 0.25) is 0 Å². The van der Waals surface area contributed by atoms with E-state index in [1.807, 2.05) is 43.3 Å². The van der Waals surface area contributed by atoms with Gasteiger partial charge in [0.25, 0.3) is 5.91 Å². The van der Waals surface area contributed by atoms with Crippen molar-refractivity contribution in [3.63, 3.8) is 0 Å². The quantitative estimate of drug-likeness (QED) is 0.744. The molecule has 0 saturated carbocycles. The Morgan fingerprint density at radius 2 is 1.70 bits per heavy atom. The third-order valence-electron chi connectivity index (χ3n) is 3.58. The Hall–Kier alpha value is -1.71. The van der Waals surface area contributed by atoms with Crippen LogP contribution >= 0.6 is 23.2 Å². The van der Waals surface area contributed by atoms with Crippen LogP contribution in [0, 0.1) is 6.92 Å². The first-order chi connectivity index (χ1) is 11.2. The van der Waals surface area contributed by atoms with Gasteiger partial charge in [-0.2, -0.15) is 0 Å². The SMILES string of the molecule is Cc1ccc(N(CCCl)CCCl)cc1NC(=O)c1ccccc1. The molecule has 1 amide bonds. The number of nitrogens with zero attached hydrogens (tertiary/aromatic N) is 1. The van der Waals surface area contributed by atoms with Gasteiger partial charge in [-0.3, -0.25) is 4.79 Å². The van der Waals surface area contributed by atoms with Crippen molar-refractivity contribution in [2.24, 2.45) is 0 Å². The van der Waals surface area contributed by atoms with Gasteiger partial charge in [0, 0.05) is 41.8 Å². The molecule has 2 aromatic carbocycles. The van der Waals surface area contributed by atoms with Crippen LogP contribution in [0.1, 0.15) is 15.9 Å². The molecule has 0 aliphatic carbocycles. The van der Waals surface area contributed by atoms with Crippen molar-refractivity contribution in [1.82, 2.24) is 0 Å². The van der Waals surface area contributed by atoms with Gasteiger partial charge in [0.15, 0.2) is 0 Å². The molecule has 2 aromatic rings. The lowest BCUT2D eigenvalue weighted by Crippen LogP contribution is -2.27. The molecule has 0 unspecified atom stereocenters. The van der Waals surface area contributed by atoms with E-state index in [4.69, 9.17) is 23.2 Å². The zero-order chi connectivity index (χ0) is 16.7. The fourth-order valence-corrected chi connectivity index (χ4v) is 2.71. The standard InChI is InChI=1S/C18H20Cl2N2O/c1-14-7-8-16(22(11-9-19)12-10-20)13-17(14)21-18(23)15-5-3-2-4-6-15/h2-8,13H,9-12H2,1H3,(H,21,23). The number of carbonyl (C=O) groups is 1. The van der Waals surface area contributed by atoms with Gasteiger partial charge >= 0.3 is 0 Å². The molecule has 0 heterocycles. The van der Waals surface area contributed by atoms with E-state index in [9.17, 15) is 4.79 Å². The van der Waals surface area contributed by atoms with Gasteiger partial charge in [0.1, 0.15) is 0 Å². The first kappa shape index (κ1) is 17.6. The molecule has 0 atom stereocenters. The second-order valence-corrected chi connectivity index (χ2v) is 5.94. The molecule has 0 aromatic heterocycles. The maximum atomic E-state index is 12.3. The van der Waals surface area contributed by atoms with E-state index >= 15 is 0 Å². The monoisotopic (exact) mass is 350 g/mol. The van der Waals surface area contributed by atoms with Gasteiger partial charge < -0.3 is 10.2 Å². The average molecular weight is 351 g/mol. The molecule has 0 spiro atoms. The van der Waals surface area contributed by atoms with Gasteiger partial charge in [-0.1, -0.05) is 24.3 Å². The van der Waals surface area contributed by atoms with Crippen molar-refractivity contribution < 1.29 is 4.79 Å². The molecule has 0 saturated heterocycles. The highest BCUT2D eigenvalue weighted by Crippen LogP contribution is 2.24. The lowest BCUT2D eigenvalue weighted by atomic mass is 10.1. The van der Waals surface area contributed by atoms with Crippen molar-refractivity contribution in [3.05, 3.63) is 59.7 Å². The lowest BCUT2D eigenvalue weighted by Gasteiger charge is -2.24. The summed E-state index contributed by atoms with van der Waals surface area (Å²) < 4.78 is 0. The number of hydrogen-bond donors (Lipinski definition) is 1. The number of anilines is 2. The number of carbonyl (C=O) groups excluding carboxylic acids is 1. The third-order valence-corrected chi connectivity index (χ3v) is 3.92. The van der Waals surface area contributed by atoms with E-state index in [0.717, 1.165) is 16.9 Å². The molecule has 3 nitrogen and oxygen atoms in total. The highest BCUT2D eigenvalue weighted by Gasteiger charge is 2.11. The minimum atomic E-state index is -0.118. The topological polar surface area (TPSA) is 32.3 Å². The molecular weight excluding hydrogens is 331 g/mol. The minimum Gasteiger partial charge on any atom is -0.369 e. The minimum absolute atomic E-state index is 0.118. The van der Waals surface area contributed by atoms with Crippen LogP contribution in [0.5, 0.6) is 0 Å². The molecule has 0 fully saturated rings. The van der Waals surface area contributed by atoms with Crippen molar-refractivity contribution in [2.45, 2.75) is 6.92 Å². The molecule has 0 bridgehead atoms. The summed E-state index contributed by atoms with van der Waals surface area (Å²) >= 11 is 11.7. The van der Waals surface area contributed by atoms with Crippen LogP contribution in [0.3, 0.4) is 0 Å². The molecule has 5 heteroatoms. The largest absolute Gasteiger partial charge is 0.369 e. The van der Waals surface area contributed by atoms with E-state index in [1.54, 1.807) is 12.1 Å². The van der Waals surface area contributed by atoms with Crippen LogP contribution in [-0.2, 0) is 0 Å². The van der Waals surface area contributed by atoms with Gasteiger partial charge in [-0.05, 0) is 36.8 Å². The van der Waals surface area contributed by atoms with Crippen molar-refractivity contribution in [1.29, 1.82) is 0 Å². The van der Waals surface area contributed by atoms with E-state index in [2.05, 4.69) is 10.2 Å². The maximum Gasteiger partial charge on any atom is 0.255 e. The lowest BCUT2D eigenvalue weighted by molar-refractivity contribution is 0.102. The fraction of sp³-hybridized carbons (Fsp3) is 0.278. The Morgan fingerprint density at radius 3 is 2.30 bits per heavy atom. The number of amides is 1. The van der Waals surface area contributed by atoms with E-state index < -0.39 is 0 Å². The molecule has 0 aliphatic rings. The number of rotatable bonds is 7. The number of benzene rings is 2. The first-order valence-corrected chi connectivity index (χ1v) is 8.56. The van der Waals surface area contributed by atoms with Gasteiger partial charge in [0.05, 0.1) is 0 Å². The second kappa shape index (κ2) is 8.80. The number of nitrogens with one attached hydrogen (secondary N) is 1. The summed E-state index contributed by atoms with van der Waals surface area (Å²) in [6, 6.07) is 15.2. The van der Waals surface area contributed by atoms with Gasteiger partial charge in [-0.15, -0.1) is 23.2 Å². The Labute approximate surface area is 147 Å². The van der Waals surface area contributed by atoms with Crippen LogP contribution in [0.15, 0.2) is 48.5 Å². The number of halogens is 2.